The van der Waals surface area contributed by atoms with Gasteiger partial charge < -0.3 is 15.9 Å². The molecule has 0 bridgehead atoms. The lowest BCUT2D eigenvalue weighted by atomic mass is 10.1. The molecule has 0 fully saturated rings. The Morgan fingerprint density at radius 1 is 1.14 bits per heavy atom. The largest absolute Gasteiger partial charge is 0.491 e. The highest BCUT2D eigenvalue weighted by Crippen LogP contribution is 2.26. The highest BCUT2D eigenvalue weighted by Gasteiger charge is 2.22. The zero-order chi connectivity index (χ0) is 26.6. The molecule has 4 aromatic rings. The number of ether oxygens (including phenoxy) is 1. The average Bonchev–Trinajstić information content (AvgIpc) is 3.31. The summed E-state index contributed by atoms with van der Waals surface area (Å²) in [6.45, 7) is 3.92. The Bertz CT molecular complexity index is 1610. The van der Waals surface area contributed by atoms with Crippen LogP contribution in [0.3, 0.4) is 0 Å². The van der Waals surface area contributed by atoms with Gasteiger partial charge in [-0.3, -0.25) is 19.1 Å². The molecule has 0 spiro atoms. The summed E-state index contributed by atoms with van der Waals surface area (Å²) in [4.78, 5) is 12.4. The molecule has 0 amide bonds. The Balaban J connectivity index is 1.71. The first kappa shape index (κ1) is 25.6. The maximum atomic E-state index is 13.5. The molecule has 0 saturated heterocycles. The number of nitrogens with two attached hydrogens (primary N) is 1. The van der Waals surface area contributed by atoms with Gasteiger partial charge >= 0.3 is 0 Å². The molecule has 11 heteroatoms. The van der Waals surface area contributed by atoms with Crippen LogP contribution in [0.1, 0.15) is 25.1 Å². The Kier molecular flexibility index (Phi) is 7.35. The second-order valence-electron chi connectivity index (χ2n) is 8.35. The predicted molar refractivity (Wildman–Crippen MR) is 146 cm³/mol. The van der Waals surface area contributed by atoms with Crippen LogP contribution < -0.4 is 15.2 Å². The van der Waals surface area contributed by atoms with Crippen molar-refractivity contribution >= 4 is 39.4 Å². The minimum Gasteiger partial charge on any atom is -0.491 e. The van der Waals surface area contributed by atoms with Crippen LogP contribution in [0.2, 0.25) is 0 Å². The summed E-state index contributed by atoms with van der Waals surface area (Å²) < 4.78 is 36.7. The van der Waals surface area contributed by atoms with Crippen LogP contribution in [0.4, 0.5) is 5.69 Å². The van der Waals surface area contributed by atoms with Gasteiger partial charge in [-0.15, -0.1) is 0 Å². The number of hydrogen-bond donors (Lipinski definition) is 3. The van der Waals surface area contributed by atoms with Crippen LogP contribution in [0.25, 0.3) is 22.3 Å². The Labute approximate surface area is 215 Å². The Morgan fingerprint density at radius 2 is 1.86 bits per heavy atom. The molecule has 0 aliphatic rings. The number of anilines is 1. The van der Waals surface area contributed by atoms with Gasteiger partial charge in [0.25, 0.3) is 10.0 Å². The summed E-state index contributed by atoms with van der Waals surface area (Å²) in [5.74, 6) is 0.755. The second kappa shape index (κ2) is 10.6. The smallest absolute Gasteiger partial charge is 0.279 e. The summed E-state index contributed by atoms with van der Waals surface area (Å²) >= 11 is 0. The lowest BCUT2D eigenvalue weighted by Crippen LogP contribution is -2.17. The molecule has 0 saturated carbocycles. The number of aromatic nitrogens is 3. The van der Waals surface area contributed by atoms with Gasteiger partial charge in [-0.1, -0.05) is 12.1 Å². The number of aliphatic imine (C=N–C) groups is 1. The number of pyridine rings is 2. The summed E-state index contributed by atoms with van der Waals surface area (Å²) in [5, 5.41) is 7.60. The number of rotatable bonds is 9. The number of hydrogen-bond acceptors (Lipinski definition) is 8. The van der Waals surface area contributed by atoms with Crippen LogP contribution >= 0.6 is 0 Å². The molecular weight excluding hydrogens is 490 g/mol. The lowest BCUT2D eigenvalue weighted by Gasteiger charge is -2.12. The zero-order valence-corrected chi connectivity index (χ0v) is 21.4. The first-order chi connectivity index (χ1) is 17.7. The van der Waals surface area contributed by atoms with Crippen molar-refractivity contribution in [2.24, 2.45) is 10.7 Å². The van der Waals surface area contributed by atoms with E-state index in [1.54, 1.807) is 25.4 Å². The monoisotopic (exact) mass is 517 g/mol. The number of imidazole rings is 1. The first-order valence-electron chi connectivity index (χ1n) is 11.4. The topological polar surface area (TPSA) is 148 Å². The minimum atomic E-state index is -4.11. The third kappa shape index (κ3) is 5.51. The highest BCUT2D eigenvalue weighted by atomic mass is 32.2. The van der Waals surface area contributed by atoms with Crippen molar-refractivity contribution < 1.29 is 13.2 Å². The third-order valence-corrected chi connectivity index (χ3v) is 6.73. The number of sulfonamides is 1. The Hall–Kier alpha value is -4.51. The van der Waals surface area contributed by atoms with Gasteiger partial charge in [-0.05, 0) is 55.3 Å². The molecule has 0 radical (unpaired) electrons. The predicted octanol–water partition coefficient (Wildman–Crippen LogP) is 3.98. The van der Waals surface area contributed by atoms with E-state index in [0.29, 0.717) is 16.8 Å². The Morgan fingerprint density at radius 3 is 2.51 bits per heavy atom. The molecule has 0 atom stereocenters. The second-order valence-corrected chi connectivity index (χ2v) is 9.98. The SMILES string of the molecule is CN=CC(=CN)c1cnc(C=N)c(NS(=O)(=O)c2cnc3ccc(-c4ccc(OC(C)C)cc4)cn23)c1. The van der Waals surface area contributed by atoms with Gasteiger partial charge in [0.05, 0.1) is 18.0 Å². The average molecular weight is 518 g/mol. The van der Waals surface area contributed by atoms with Gasteiger partial charge in [0.2, 0.25) is 0 Å². The summed E-state index contributed by atoms with van der Waals surface area (Å²) in [6, 6.07) is 12.8. The molecule has 0 aliphatic heterocycles. The van der Waals surface area contributed by atoms with Gasteiger partial charge in [-0.25, -0.2) is 4.98 Å². The van der Waals surface area contributed by atoms with Crippen molar-refractivity contribution in [2.75, 3.05) is 11.8 Å². The first-order valence-corrected chi connectivity index (χ1v) is 12.9. The van der Waals surface area contributed by atoms with E-state index in [4.69, 9.17) is 15.9 Å². The maximum Gasteiger partial charge on any atom is 0.279 e. The van der Waals surface area contributed by atoms with Gasteiger partial charge in [0, 0.05) is 49.2 Å². The van der Waals surface area contributed by atoms with Crippen molar-refractivity contribution in [3.63, 3.8) is 0 Å². The van der Waals surface area contributed by atoms with Gasteiger partial charge in [-0.2, -0.15) is 8.42 Å². The van der Waals surface area contributed by atoms with Crippen LogP contribution in [0, 0.1) is 5.41 Å². The summed E-state index contributed by atoms with van der Waals surface area (Å²) in [6.07, 6.45) is 8.42. The molecule has 4 rings (SSSR count). The molecule has 4 N–H and O–H groups in total. The number of benzene rings is 1. The molecule has 10 nitrogen and oxygen atoms in total. The summed E-state index contributed by atoms with van der Waals surface area (Å²) in [5.41, 5.74) is 9.22. The fourth-order valence-corrected chi connectivity index (χ4v) is 4.86. The van der Waals surface area contributed by atoms with E-state index >= 15 is 0 Å². The molecule has 3 aromatic heterocycles. The number of fused-ring (bicyclic) bond motifs is 1. The van der Waals surface area contributed by atoms with E-state index in [0.717, 1.165) is 23.1 Å². The fraction of sp³-hybridized carbons (Fsp3) is 0.154. The lowest BCUT2D eigenvalue weighted by molar-refractivity contribution is 0.242. The molecular formula is C26H27N7O3S. The maximum absolute atomic E-state index is 13.5. The standard InChI is InChI=1S/C26H27N7O3S/c1-17(2)36-22-7-4-18(5-8-22)19-6-9-25-31-15-26(33(25)16-19)37(34,35)32-23-10-20(14-30-24(23)12-28)21(11-27)13-29-3/h4-17,28,32H,27H2,1-3H3. The highest BCUT2D eigenvalue weighted by molar-refractivity contribution is 7.92. The molecule has 0 unspecified atom stereocenters. The number of allylic oxidation sites excluding steroid dienone is 1. The van der Waals surface area contributed by atoms with Gasteiger partial charge in [0.1, 0.15) is 17.1 Å². The third-order valence-electron chi connectivity index (χ3n) is 5.39. The van der Waals surface area contributed by atoms with Crippen LogP contribution in [-0.4, -0.2) is 48.4 Å². The molecule has 3 heterocycles. The van der Waals surface area contributed by atoms with Crippen LogP contribution in [0.5, 0.6) is 5.75 Å². The van der Waals surface area contributed by atoms with E-state index in [1.807, 2.05) is 44.2 Å². The fourth-order valence-electron chi connectivity index (χ4n) is 3.71. The molecule has 190 valence electrons. The van der Waals surface area contributed by atoms with Crippen molar-refractivity contribution in [3.05, 3.63) is 78.5 Å². The van der Waals surface area contributed by atoms with Crippen molar-refractivity contribution in [2.45, 2.75) is 25.0 Å². The normalized spacial score (nSPS) is 12.4. The van der Waals surface area contributed by atoms with Crippen LogP contribution in [0.15, 0.2) is 77.3 Å². The van der Waals surface area contributed by atoms with Crippen molar-refractivity contribution in [1.82, 2.24) is 14.4 Å². The van der Waals surface area contributed by atoms with Crippen LogP contribution in [-0.2, 0) is 10.0 Å². The summed E-state index contributed by atoms with van der Waals surface area (Å²) in [7, 11) is -2.51. The van der Waals surface area contributed by atoms with E-state index < -0.39 is 10.0 Å². The van der Waals surface area contributed by atoms with Crippen molar-refractivity contribution in [3.8, 4) is 16.9 Å². The van der Waals surface area contributed by atoms with E-state index in [2.05, 4.69) is 19.7 Å². The number of nitrogens with one attached hydrogen (secondary N) is 2. The van der Waals surface area contributed by atoms with Crippen molar-refractivity contribution in [1.29, 1.82) is 5.41 Å². The minimum absolute atomic E-state index is 0.0600. The van der Waals surface area contributed by atoms with E-state index in [-0.39, 0.29) is 22.5 Å². The van der Waals surface area contributed by atoms with E-state index in [1.165, 1.54) is 29.2 Å². The molecule has 0 aliphatic carbocycles. The van der Waals surface area contributed by atoms with E-state index in [9.17, 15) is 8.42 Å². The molecule has 1 aromatic carbocycles. The van der Waals surface area contributed by atoms with Gasteiger partial charge in [0.15, 0.2) is 5.03 Å². The molecule has 37 heavy (non-hydrogen) atoms. The number of nitrogens with zero attached hydrogens (tertiary/aromatic N) is 4. The quantitative estimate of drug-likeness (QED) is 0.286. The zero-order valence-electron chi connectivity index (χ0n) is 20.6.